The number of phenols is 2. The molecule has 3 unspecified atom stereocenters. The maximum Gasteiger partial charge on any atom is 0.243 e. The summed E-state index contributed by atoms with van der Waals surface area (Å²) in [6.45, 7) is 0. The number of fused-ring (bicyclic) bond motifs is 3. The lowest BCUT2D eigenvalue weighted by Crippen LogP contribution is -2.38. The Morgan fingerprint density at radius 3 is 2.53 bits per heavy atom. The van der Waals surface area contributed by atoms with Gasteiger partial charge in [-0.25, -0.2) is 8.42 Å². The number of nitrogens with zero attached hydrogens (tertiary/aromatic N) is 1. The number of allylic oxidation sites excluding steroid dienone is 2. The van der Waals surface area contributed by atoms with Crippen molar-refractivity contribution >= 4 is 15.7 Å². The first kappa shape index (κ1) is 21.3. The molecule has 1 heterocycles. The van der Waals surface area contributed by atoms with Crippen LogP contribution in [0.4, 0.5) is 5.69 Å². The molecular formula is C25H30N2O4S. The zero-order chi connectivity index (χ0) is 22.5. The van der Waals surface area contributed by atoms with Crippen molar-refractivity contribution in [2.24, 2.45) is 5.92 Å². The zero-order valence-electron chi connectivity index (χ0n) is 18.2. The van der Waals surface area contributed by atoms with Gasteiger partial charge in [0.15, 0.2) is 0 Å². The summed E-state index contributed by atoms with van der Waals surface area (Å²) in [7, 11) is -1.85. The average molecular weight is 455 g/mol. The Kier molecular flexibility index (Phi) is 5.42. The van der Waals surface area contributed by atoms with E-state index in [9.17, 15) is 18.6 Å². The Labute approximate surface area is 189 Å². The first-order valence-corrected chi connectivity index (χ1v) is 12.9. The van der Waals surface area contributed by atoms with Gasteiger partial charge < -0.3 is 15.5 Å². The number of sulfonamides is 1. The molecule has 170 valence electrons. The highest BCUT2D eigenvalue weighted by molar-refractivity contribution is 7.89. The molecule has 2 aromatic rings. The molecule has 32 heavy (non-hydrogen) atoms. The summed E-state index contributed by atoms with van der Waals surface area (Å²) in [5, 5.41) is 23.6. The molecule has 0 spiro atoms. The normalized spacial score (nSPS) is 25.4. The molecule has 3 aliphatic rings. The highest BCUT2D eigenvalue weighted by atomic mass is 32.2. The highest BCUT2D eigenvalue weighted by Crippen LogP contribution is 2.51. The van der Waals surface area contributed by atoms with Crippen molar-refractivity contribution < 1.29 is 18.6 Å². The van der Waals surface area contributed by atoms with Crippen LogP contribution in [0.1, 0.15) is 61.6 Å². The molecular weight excluding hydrogens is 424 g/mol. The van der Waals surface area contributed by atoms with Crippen LogP contribution in [0.15, 0.2) is 53.4 Å². The van der Waals surface area contributed by atoms with Crippen LogP contribution >= 0.6 is 0 Å². The number of aromatic hydroxyl groups is 2. The van der Waals surface area contributed by atoms with Gasteiger partial charge >= 0.3 is 0 Å². The number of hydrogen-bond donors (Lipinski definition) is 3. The summed E-state index contributed by atoms with van der Waals surface area (Å²) in [5.41, 5.74) is 2.60. The molecule has 1 saturated carbocycles. The predicted molar refractivity (Wildman–Crippen MR) is 124 cm³/mol. The maximum absolute atomic E-state index is 13.4. The van der Waals surface area contributed by atoms with Gasteiger partial charge in [0, 0.05) is 36.3 Å². The molecule has 0 amide bonds. The van der Waals surface area contributed by atoms with Gasteiger partial charge in [0.2, 0.25) is 10.0 Å². The zero-order valence-corrected chi connectivity index (χ0v) is 19.1. The van der Waals surface area contributed by atoms with Gasteiger partial charge in [-0.2, -0.15) is 4.31 Å². The van der Waals surface area contributed by atoms with E-state index in [-0.39, 0.29) is 35.4 Å². The Hall–Kier alpha value is -2.51. The van der Waals surface area contributed by atoms with Crippen LogP contribution in [-0.2, 0) is 10.0 Å². The Morgan fingerprint density at radius 2 is 1.78 bits per heavy atom. The van der Waals surface area contributed by atoms with Crippen molar-refractivity contribution in [3.63, 3.8) is 0 Å². The van der Waals surface area contributed by atoms with Crippen molar-refractivity contribution in [2.45, 2.75) is 61.4 Å². The molecule has 2 aromatic carbocycles. The first-order chi connectivity index (χ1) is 15.4. The Balaban J connectivity index is 1.49. The third kappa shape index (κ3) is 3.57. The van der Waals surface area contributed by atoms with E-state index in [0.717, 1.165) is 48.9 Å². The van der Waals surface area contributed by atoms with E-state index in [1.807, 2.05) is 12.1 Å². The molecule has 1 aliphatic heterocycles. The maximum atomic E-state index is 13.4. The van der Waals surface area contributed by atoms with Gasteiger partial charge in [0.1, 0.15) is 11.5 Å². The van der Waals surface area contributed by atoms with E-state index in [1.165, 1.54) is 12.5 Å². The molecule has 0 radical (unpaired) electrons. The number of phenolic OH excluding ortho intramolecular Hbond substituents is 2. The second kappa shape index (κ2) is 8.12. The number of anilines is 1. The lowest BCUT2D eigenvalue weighted by Gasteiger charge is -2.38. The number of rotatable bonds is 4. The third-order valence-corrected chi connectivity index (χ3v) is 9.36. The first-order valence-electron chi connectivity index (χ1n) is 11.4. The Bertz CT molecular complexity index is 1150. The molecule has 2 aliphatic carbocycles. The van der Waals surface area contributed by atoms with Crippen molar-refractivity contribution in [3.05, 3.63) is 59.7 Å². The monoisotopic (exact) mass is 454 g/mol. The highest BCUT2D eigenvalue weighted by Gasteiger charge is 2.40. The fourth-order valence-corrected chi connectivity index (χ4v) is 7.09. The number of hydrogen-bond acceptors (Lipinski definition) is 5. The Morgan fingerprint density at radius 1 is 1.00 bits per heavy atom. The molecule has 3 N–H and O–H groups in total. The summed E-state index contributed by atoms with van der Waals surface area (Å²) < 4.78 is 28.4. The van der Waals surface area contributed by atoms with Gasteiger partial charge in [-0.1, -0.05) is 31.4 Å². The van der Waals surface area contributed by atoms with Crippen molar-refractivity contribution in [1.82, 2.24) is 4.31 Å². The summed E-state index contributed by atoms with van der Waals surface area (Å²) in [6.07, 6.45) is 10.3. The van der Waals surface area contributed by atoms with Crippen LogP contribution in [0.5, 0.6) is 11.5 Å². The van der Waals surface area contributed by atoms with E-state index >= 15 is 0 Å². The lowest BCUT2D eigenvalue weighted by atomic mass is 9.77. The third-order valence-electron chi connectivity index (χ3n) is 7.45. The molecule has 1 fully saturated rings. The van der Waals surface area contributed by atoms with E-state index in [0.29, 0.717) is 4.90 Å². The van der Waals surface area contributed by atoms with Gasteiger partial charge in [-0.3, -0.25) is 0 Å². The topological polar surface area (TPSA) is 89.9 Å². The number of nitrogens with one attached hydrogen (secondary N) is 1. The molecule has 0 bridgehead atoms. The van der Waals surface area contributed by atoms with E-state index in [2.05, 4.69) is 17.5 Å². The predicted octanol–water partition coefficient (Wildman–Crippen LogP) is 4.88. The molecule has 0 saturated heterocycles. The minimum atomic E-state index is -3.56. The second-order valence-electron chi connectivity index (χ2n) is 9.28. The van der Waals surface area contributed by atoms with Crippen LogP contribution in [0.3, 0.4) is 0 Å². The largest absolute Gasteiger partial charge is 0.508 e. The summed E-state index contributed by atoms with van der Waals surface area (Å²) in [5.74, 6) is 0.317. The molecule has 7 heteroatoms. The van der Waals surface area contributed by atoms with Crippen LogP contribution in [0, 0.1) is 5.92 Å². The second-order valence-corrected chi connectivity index (χ2v) is 11.3. The van der Waals surface area contributed by atoms with Crippen LogP contribution in [-0.4, -0.2) is 36.0 Å². The standard InChI is InChI=1S/C25H30N2O4S/c1-27(16-6-3-2-4-7-16)32(30,31)18-11-13-23-22(15-18)19-8-5-9-20(19)25(26-23)21-12-10-17(28)14-24(21)29/h5,8,10-16,19-20,25-26,28-29H,2-4,6-7,9H2,1H3. The molecule has 0 aromatic heterocycles. The van der Waals surface area contributed by atoms with Gasteiger partial charge in [0.25, 0.3) is 0 Å². The summed E-state index contributed by atoms with van der Waals surface area (Å²) in [6, 6.07) is 10.0. The van der Waals surface area contributed by atoms with Crippen molar-refractivity contribution in [3.8, 4) is 11.5 Å². The molecule has 3 atom stereocenters. The van der Waals surface area contributed by atoms with E-state index in [1.54, 1.807) is 29.6 Å². The van der Waals surface area contributed by atoms with Crippen LogP contribution in [0.2, 0.25) is 0 Å². The minimum Gasteiger partial charge on any atom is -0.508 e. The molecule has 5 rings (SSSR count). The summed E-state index contributed by atoms with van der Waals surface area (Å²) in [4.78, 5) is 0.344. The van der Waals surface area contributed by atoms with E-state index < -0.39 is 10.0 Å². The quantitative estimate of drug-likeness (QED) is 0.573. The van der Waals surface area contributed by atoms with Crippen molar-refractivity contribution in [1.29, 1.82) is 0 Å². The van der Waals surface area contributed by atoms with Gasteiger partial charge in [0.05, 0.1) is 10.9 Å². The fourth-order valence-electron chi connectivity index (χ4n) is 5.64. The summed E-state index contributed by atoms with van der Waals surface area (Å²) >= 11 is 0. The SMILES string of the molecule is CN(C1CCCCC1)S(=O)(=O)c1ccc2c(c1)C1C=CCC1C(c1ccc(O)cc1O)N2. The van der Waals surface area contributed by atoms with Crippen molar-refractivity contribution in [2.75, 3.05) is 12.4 Å². The smallest absolute Gasteiger partial charge is 0.243 e. The molecule has 6 nitrogen and oxygen atoms in total. The minimum absolute atomic E-state index is 0.0282. The average Bonchev–Trinajstić information content (AvgIpc) is 3.29. The van der Waals surface area contributed by atoms with Crippen LogP contribution in [0.25, 0.3) is 0 Å². The van der Waals surface area contributed by atoms with Gasteiger partial charge in [-0.05, 0) is 61.1 Å². The fraction of sp³-hybridized carbons (Fsp3) is 0.440. The van der Waals surface area contributed by atoms with Crippen LogP contribution < -0.4 is 5.32 Å². The van der Waals surface area contributed by atoms with E-state index in [4.69, 9.17) is 0 Å². The lowest BCUT2D eigenvalue weighted by molar-refractivity contribution is 0.286. The number of benzene rings is 2. The van der Waals surface area contributed by atoms with Gasteiger partial charge in [-0.15, -0.1) is 0 Å².